The molecule has 0 aliphatic rings. The van der Waals surface area contributed by atoms with Gasteiger partial charge in [-0.2, -0.15) is 5.26 Å². The highest BCUT2D eigenvalue weighted by Gasteiger charge is 2.07. The Hall–Kier alpha value is -1.57. The van der Waals surface area contributed by atoms with Gasteiger partial charge in [0.05, 0.1) is 16.2 Å². The zero-order chi connectivity index (χ0) is 11.4. The standard InChI is InChI=1S/C11H7ClN2OS/c12-10-2-1-3-11(9(10)4-13)15-5-8-6-16-7-14-8/h1-3,6-7H,5H2. The third kappa shape index (κ3) is 2.32. The summed E-state index contributed by atoms with van der Waals surface area (Å²) in [5, 5.41) is 11.2. The maximum Gasteiger partial charge on any atom is 0.139 e. The van der Waals surface area contributed by atoms with E-state index in [-0.39, 0.29) is 0 Å². The quantitative estimate of drug-likeness (QED) is 0.840. The summed E-state index contributed by atoms with van der Waals surface area (Å²) in [5.41, 5.74) is 2.94. The van der Waals surface area contributed by atoms with Crippen molar-refractivity contribution in [3.63, 3.8) is 0 Å². The Kier molecular flexibility index (Phi) is 3.40. The minimum absolute atomic E-state index is 0.346. The molecule has 80 valence electrons. The van der Waals surface area contributed by atoms with Gasteiger partial charge in [-0.15, -0.1) is 11.3 Å². The van der Waals surface area contributed by atoms with E-state index in [1.54, 1.807) is 23.7 Å². The number of ether oxygens (including phenoxy) is 1. The van der Waals surface area contributed by atoms with Crippen LogP contribution in [0.1, 0.15) is 11.3 Å². The molecule has 2 rings (SSSR count). The average Bonchev–Trinajstić information content (AvgIpc) is 2.79. The Morgan fingerprint density at radius 2 is 2.38 bits per heavy atom. The molecule has 0 aliphatic carbocycles. The second-order valence-electron chi connectivity index (χ2n) is 2.99. The Labute approximate surface area is 102 Å². The number of thiazole rings is 1. The van der Waals surface area contributed by atoms with E-state index in [2.05, 4.69) is 4.98 Å². The summed E-state index contributed by atoms with van der Waals surface area (Å²) in [5.74, 6) is 0.489. The Morgan fingerprint density at radius 1 is 1.50 bits per heavy atom. The molecule has 0 bridgehead atoms. The van der Waals surface area contributed by atoms with E-state index in [0.29, 0.717) is 22.9 Å². The SMILES string of the molecule is N#Cc1c(Cl)cccc1OCc1cscn1. The van der Waals surface area contributed by atoms with Gasteiger partial charge in [0.1, 0.15) is 24.0 Å². The van der Waals surface area contributed by atoms with E-state index in [0.717, 1.165) is 5.69 Å². The molecule has 1 aromatic carbocycles. The van der Waals surface area contributed by atoms with Crippen molar-refractivity contribution in [2.75, 3.05) is 0 Å². The van der Waals surface area contributed by atoms with Crippen LogP contribution in [0.5, 0.6) is 5.75 Å². The van der Waals surface area contributed by atoms with Gasteiger partial charge < -0.3 is 4.74 Å². The molecule has 0 fully saturated rings. The van der Waals surface area contributed by atoms with E-state index in [9.17, 15) is 0 Å². The van der Waals surface area contributed by atoms with Gasteiger partial charge in [0.15, 0.2) is 0 Å². The molecule has 16 heavy (non-hydrogen) atoms. The van der Waals surface area contributed by atoms with Crippen molar-refractivity contribution in [1.29, 1.82) is 5.26 Å². The first-order valence-electron chi connectivity index (χ1n) is 4.49. The second-order valence-corrected chi connectivity index (χ2v) is 4.12. The normalized spacial score (nSPS) is 9.75. The van der Waals surface area contributed by atoms with Crippen molar-refractivity contribution in [2.45, 2.75) is 6.61 Å². The summed E-state index contributed by atoms with van der Waals surface area (Å²) >= 11 is 7.38. The van der Waals surface area contributed by atoms with Crippen molar-refractivity contribution >= 4 is 22.9 Å². The molecule has 0 saturated carbocycles. The molecule has 3 nitrogen and oxygen atoms in total. The Balaban J connectivity index is 2.16. The van der Waals surface area contributed by atoms with E-state index in [1.807, 2.05) is 11.4 Å². The van der Waals surface area contributed by atoms with Crippen molar-refractivity contribution < 1.29 is 4.74 Å². The lowest BCUT2D eigenvalue weighted by Crippen LogP contribution is -1.97. The molecule has 0 atom stereocenters. The fourth-order valence-electron chi connectivity index (χ4n) is 1.19. The second kappa shape index (κ2) is 4.97. The van der Waals surface area contributed by atoms with E-state index in [4.69, 9.17) is 21.6 Å². The van der Waals surface area contributed by atoms with E-state index < -0.39 is 0 Å². The predicted octanol–water partition coefficient (Wildman–Crippen LogP) is 3.25. The molecule has 0 saturated heterocycles. The van der Waals surface area contributed by atoms with Crippen molar-refractivity contribution in [1.82, 2.24) is 4.98 Å². The van der Waals surface area contributed by atoms with E-state index >= 15 is 0 Å². The number of aromatic nitrogens is 1. The summed E-state index contributed by atoms with van der Waals surface area (Å²) < 4.78 is 5.49. The van der Waals surface area contributed by atoms with Crippen molar-refractivity contribution in [2.24, 2.45) is 0 Å². The average molecular weight is 251 g/mol. The number of rotatable bonds is 3. The fourth-order valence-corrected chi connectivity index (χ4v) is 1.94. The monoisotopic (exact) mass is 250 g/mol. The largest absolute Gasteiger partial charge is 0.486 e. The first-order chi connectivity index (χ1) is 7.81. The number of hydrogen-bond donors (Lipinski definition) is 0. The molecule has 2 aromatic rings. The summed E-state index contributed by atoms with van der Waals surface area (Å²) in [7, 11) is 0. The molecule has 1 aromatic heterocycles. The molecule has 1 heterocycles. The molecule has 0 amide bonds. The van der Waals surface area contributed by atoms with Gasteiger partial charge in [0.25, 0.3) is 0 Å². The van der Waals surface area contributed by atoms with Gasteiger partial charge in [-0.1, -0.05) is 17.7 Å². The van der Waals surface area contributed by atoms with Crippen LogP contribution in [-0.4, -0.2) is 4.98 Å². The van der Waals surface area contributed by atoms with Crippen LogP contribution in [0, 0.1) is 11.3 Å². The predicted molar refractivity (Wildman–Crippen MR) is 62.6 cm³/mol. The minimum atomic E-state index is 0.346. The van der Waals surface area contributed by atoms with Crippen LogP contribution in [0.3, 0.4) is 0 Å². The lowest BCUT2D eigenvalue weighted by Gasteiger charge is -2.06. The van der Waals surface area contributed by atoms with Crippen LogP contribution in [0.2, 0.25) is 5.02 Å². The maximum atomic E-state index is 8.93. The zero-order valence-electron chi connectivity index (χ0n) is 8.18. The molecule has 0 spiro atoms. The summed E-state index contributed by atoms with van der Waals surface area (Å²) in [6.45, 7) is 0.346. The van der Waals surface area contributed by atoms with Crippen molar-refractivity contribution in [3.8, 4) is 11.8 Å². The van der Waals surface area contributed by atoms with Crippen LogP contribution >= 0.6 is 22.9 Å². The third-order valence-corrected chi connectivity index (χ3v) is 2.90. The maximum absolute atomic E-state index is 8.93. The Bertz CT molecular complexity index is 519. The van der Waals surface area contributed by atoms with Crippen LogP contribution < -0.4 is 4.74 Å². The number of hydrogen-bond acceptors (Lipinski definition) is 4. The molecule has 0 aliphatic heterocycles. The van der Waals surface area contributed by atoms with Gasteiger partial charge in [0.2, 0.25) is 0 Å². The van der Waals surface area contributed by atoms with Gasteiger partial charge in [0, 0.05) is 5.38 Å². The van der Waals surface area contributed by atoms with Crippen LogP contribution in [-0.2, 0) is 6.61 Å². The first kappa shape index (κ1) is 10.9. The highest BCUT2D eigenvalue weighted by Crippen LogP contribution is 2.25. The van der Waals surface area contributed by atoms with Crippen LogP contribution in [0.25, 0.3) is 0 Å². The van der Waals surface area contributed by atoms with Crippen LogP contribution in [0.15, 0.2) is 29.1 Å². The molecule has 0 radical (unpaired) electrons. The van der Waals surface area contributed by atoms with Gasteiger partial charge in [-0.3, -0.25) is 0 Å². The van der Waals surface area contributed by atoms with E-state index in [1.165, 1.54) is 11.3 Å². The molecular formula is C11H7ClN2OS. The topological polar surface area (TPSA) is 45.9 Å². The fraction of sp³-hybridized carbons (Fsp3) is 0.0909. The summed E-state index contributed by atoms with van der Waals surface area (Å²) in [6, 6.07) is 7.15. The van der Waals surface area contributed by atoms with Gasteiger partial charge >= 0.3 is 0 Å². The lowest BCUT2D eigenvalue weighted by molar-refractivity contribution is 0.301. The van der Waals surface area contributed by atoms with Crippen molar-refractivity contribution in [3.05, 3.63) is 45.4 Å². The number of nitriles is 1. The number of nitrogens with zero attached hydrogens (tertiary/aromatic N) is 2. The zero-order valence-corrected chi connectivity index (χ0v) is 9.76. The molecule has 5 heteroatoms. The number of halogens is 1. The molecular weight excluding hydrogens is 244 g/mol. The lowest BCUT2D eigenvalue weighted by atomic mass is 10.2. The van der Waals surface area contributed by atoms with Gasteiger partial charge in [-0.05, 0) is 12.1 Å². The molecule has 0 unspecified atom stereocenters. The Morgan fingerprint density at radius 3 is 3.06 bits per heavy atom. The summed E-state index contributed by atoms with van der Waals surface area (Å²) in [6.07, 6.45) is 0. The molecule has 0 N–H and O–H groups in total. The minimum Gasteiger partial charge on any atom is -0.486 e. The summed E-state index contributed by atoms with van der Waals surface area (Å²) in [4.78, 5) is 4.09. The first-order valence-corrected chi connectivity index (χ1v) is 5.82. The highest BCUT2D eigenvalue weighted by atomic mass is 35.5. The van der Waals surface area contributed by atoms with Crippen LogP contribution in [0.4, 0.5) is 0 Å². The smallest absolute Gasteiger partial charge is 0.139 e. The highest BCUT2D eigenvalue weighted by molar-refractivity contribution is 7.07. The number of benzene rings is 1. The third-order valence-electron chi connectivity index (χ3n) is 1.95. The van der Waals surface area contributed by atoms with Gasteiger partial charge in [-0.25, -0.2) is 4.98 Å².